The van der Waals surface area contributed by atoms with Crippen molar-refractivity contribution >= 4 is 5.82 Å². The highest BCUT2D eigenvalue weighted by molar-refractivity contribution is 5.43. The number of rotatable bonds is 4. The third kappa shape index (κ3) is 2.82. The van der Waals surface area contributed by atoms with Crippen molar-refractivity contribution in [3.05, 3.63) is 53.5 Å². The molecule has 94 valence electrons. The van der Waals surface area contributed by atoms with E-state index in [0.717, 1.165) is 23.1 Å². The Morgan fingerprint density at radius 3 is 2.72 bits per heavy atom. The van der Waals surface area contributed by atoms with Crippen LogP contribution in [0.1, 0.15) is 22.7 Å². The van der Waals surface area contributed by atoms with Gasteiger partial charge in [0.1, 0.15) is 5.82 Å². The van der Waals surface area contributed by atoms with Gasteiger partial charge in [-0.25, -0.2) is 4.98 Å². The number of aromatic nitrogens is 2. The summed E-state index contributed by atoms with van der Waals surface area (Å²) >= 11 is 0. The minimum absolute atomic E-state index is 0.0557. The Kier molecular flexibility index (Phi) is 3.86. The summed E-state index contributed by atoms with van der Waals surface area (Å²) in [7, 11) is 0. The maximum absolute atomic E-state index is 5.90. The summed E-state index contributed by atoms with van der Waals surface area (Å²) in [5.41, 5.74) is 11.8. The molecule has 0 aliphatic heterocycles. The van der Waals surface area contributed by atoms with Gasteiger partial charge in [-0.15, -0.1) is 0 Å². The number of anilines is 1. The van der Waals surface area contributed by atoms with Crippen LogP contribution in [-0.4, -0.2) is 9.97 Å². The van der Waals surface area contributed by atoms with Crippen molar-refractivity contribution in [3.8, 4) is 0 Å². The Balaban J connectivity index is 2.26. The lowest BCUT2D eigenvalue weighted by Crippen LogP contribution is -2.30. The molecule has 0 radical (unpaired) electrons. The number of nitrogen functional groups attached to an aromatic ring is 1. The summed E-state index contributed by atoms with van der Waals surface area (Å²) in [5.74, 6) is 6.13. The van der Waals surface area contributed by atoms with Gasteiger partial charge in [-0.2, -0.15) is 0 Å². The van der Waals surface area contributed by atoms with Crippen LogP contribution < -0.4 is 17.0 Å². The molecule has 1 unspecified atom stereocenters. The smallest absolute Gasteiger partial charge is 0.128 e. The van der Waals surface area contributed by atoms with Crippen molar-refractivity contribution in [2.24, 2.45) is 5.84 Å². The van der Waals surface area contributed by atoms with Gasteiger partial charge in [0.25, 0.3) is 0 Å². The molecule has 2 aromatic heterocycles. The second kappa shape index (κ2) is 5.57. The van der Waals surface area contributed by atoms with Crippen molar-refractivity contribution in [3.63, 3.8) is 0 Å². The Labute approximate surface area is 106 Å². The lowest BCUT2D eigenvalue weighted by atomic mass is 9.99. The van der Waals surface area contributed by atoms with Crippen molar-refractivity contribution < 1.29 is 0 Å². The van der Waals surface area contributed by atoms with Gasteiger partial charge in [0, 0.05) is 24.2 Å². The maximum atomic E-state index is 5.90. The molecule has 5 N–H and O–H groups in total. The predicted molar refractivity (Wildman–Crippen MR) is 71.4 cm³/mol. The van der Waals surface area contributed by atoms with E-state index in [1.807, 2.05) is 25.1 Å². The van der Waals surface area contributed by atoms with Gasteiger partial charge >= 0.3 is 0 Å². The first-order valence-corrected chi connectivity index (χ1v) is 5.77. The zero-order valence-electron chi connectivity index (χ0n) is 10.3. The van der Waals surface area contributed by atoms with Gasteiger partial charge in [0.15, 0.2) is 0 Å². The molecule has 1 atom stereocenters. The minimum atomic E-state index is -0.0557. The van der Waals surface area contributed by atoms with Crippen LogP contribution in [0.3, 0.4) is 0 Å². The van der Waals surface area contributed by atoms with Crippen LogP contribution in [0.15, 0.2) is 36.8 Å². The van der Waals surface area contributed by atoms with Gasteiger partial charge in [-0.05, 0) is 42.7 Å². The van der Waals surface area contributed by atoms with Gasteiger partial charge in [-0.3, -0.25) is 16.3 Å². The molecule has 0 spiro atoms. The largest absolute Gasteiger partial charge is 0.383 e. The summed E-state index contributed by atoms with van der Waals surface area (Å²) in [6.45, 7) is 1.98. The standard InChI is InChI=1S/C13H17N5/c1-9-6-11(13(14)17-8-9)12(18-15)7-10-2-4-16-5-3-10/h2-6,8,12,18H,7,15H2,1H3,(H2,14,17). The van der Waals surface area contributed by atoms with Crippen molar-refractivity contribution in [2.45, 2.75) is 19.4 Å². The molecule has 0 aliphatic carbocycles. The number of hydrogen-bond acceptors (Lipinski definition) is 5. The Hall–Kier alpha value is -1.98. The molecule has 0 aliphatic rings. The number of hydrogen-bond donors (Lipinski definition) is 3. The quantitative estimate of drug-likeness (QED) is 0.553. The fraction of sp³-hybridized carbons (Fsp3) is 0.231. The summed E-state index contributed by atoms with van der Waals surface area (Å²) in [5, 5.41) is 0. The molecule has 18 heavy (non-hydrogen) atoms. The monoisotopic (exact) mass is 243 g/mol. The van der Waals surface area contributed by atoms with E-state index in [4.69, 9.17) is 11.6 Å². The molecule has 0 saturated carbocycles. The molecular formula is C13H17N5. The highest BCUT2D eigenvalue weighted by Crippen LogP contribution is 2.22. The number of aryl methyl sites for hydroxylation is 1. The summed E-state index contributed by atoms with van der Waals surface area (Å²) in [6, 6.07) is 5.88. The average molecular weight is 243 g/mol. The topological polar surface area (TPSA) is 89.8 Å². The van der Waals surface area contributed by atoms with Gasteiger partial charge in [-0.1, -0.05) is 0 Å². The molecular weight excluding hydrogens is 226 g/mol. The summed E-state index contributed by atoms with van der Waals surface area (Å²) < 4.78 is 0. The number of nitrogens with zero attached hydrogens (tertiary/aromatic N) is 2. The average Bonchev–Trinajstić information content (AvgIpc) is 2.40. The zero-order chi connectivity index (χ0) is 13.0. The Bertz CT molecular complexity index is 512. The maximum Gasteiger partial charge on any atom is 0.128 e. The molecule has 5 heteroatoms. The third-order valence-corrected chi connectivity index (χ3v) is 2.85. The first kappa shape index (κ1) is 12.5. The van der Waals surface area contributed by atoms with E-state index in [0.29, 0.717) is 5.82 Å². The van der Waals surface area contributed by atoms with Crippen LogP contribution in [0.2, 0.25) is 0 Å². The highest BCUT2D eigenvalue weighted by Gasteiger charge is 2.14. The molecule has 0 amide bonds. The van der Waals surface area contributed by atoms with E-state index in [1.165, 1.54) is 0 Å². The fourth-order valence-corrected chi connectivity index (χ4v) is 1.89. The minimum Gasteiger partial charge on any atom is -0.383 e. The number of nitrogens with one attached hydrogen (secondary N) is 1. The van der Waals surface area contributed by atoms with E-state index in [-0.39, 0.29) is 6.04 Å². The van der Waals surface area contributed by atoms with E-state index < -0.39 is 0 Å². The molecule has 2 aromatic rings. The van der Waals surface area contributed by atoms with E-state index in [2.05, 4.69) is 15.4 Å². The molecule has 0 aromatic carbocycles. The third-order valence-electron chi connectivity index (χ3n) is 2.85. The van der Waals surface area contributed by atoms with Gasteiger partial charge in [0.2, 0.25) is 0 Å². The highest BCUT2D eigenvalue weighted by atomic mass is 15.2. The molecule has 0 bridgehead atoms. The van der Waals surface area contributed by atoms with Crippen LogP contribution in [-0.2, 0) is 6.42 Å². The van der Waals surface area contributed by atoms with Crippen LogP contribution in [0.25, 0.3) is 0 Å². The number of pyridine rings is 2. The SMILES string of the molecule is Cc1cnc(N)c(C(Cc2ccncc2)NN)c1. The van der Waals surface area contributed by atoms with Crippen molar-refractivity contribution in [2.75, 3.05) is 5.73 Å². The van der Waals surface area contributed by atoms with E-state index in [1.54, 1.807) is 18.6 Å². The lowest BCUT2D eigenvalue weighted by molar-refractivity contribution is 0.551. The predicted octanol–water partition coefficient (Wildman–Crippen LogP) is 1.11. The van der Waals surface area contributed by atoms with Gasteiger partial charge < -0.3 is 5.73 Å². The number of hydrazine groups is 1. The zero-order valence-corrected chi connectivity index (χ0v) is 10.3. The van der Waals surface area contributed by atoms with Crippen molar-refractivity contribution in [1.29, 1.82) is 0 Å². The van der Waals surface area contributed by atoms with Crippen LogP contribution in [0.4, 0.5) is 5.82 Å². The second-order valence-corrected chi connectivity index (χ2v) is 4.27. The van der Waals surface area contributed by atoms with Crippen LogP contribution in [0.5, 0.6) is 0 Å². The summed E-state index contributed by atoms with van der Waals surface area (Å²) in [4.78, 5) is 8.15. The number of nitrogens with two attached hydrogens (primary N) is 2. The molecule has 2 heterocycles. The Morgan fingerprint density at radius 1 is 1.33 bits per heavy atom. The van der Waals surface area contributed by atoms with E-state index >= 15 is 0 Å². The van der Waals surface area contributed by atoms with E-state index in [9.17, 15) is 0 Å². The van der Waals surface area contributed by atoms with Crippen LogP contribution in [0, 0.1) is 6.92 Å². The Morgan fingerprint density at radius 2 is 2.06 bits per heavy atom. The summed E-state index contributed by atoms with van der Waals surface area (Å²) in [6.07, 6.45) is 6.02. The second-order valence-electron chi connectivity index (χ2n) is 4.27. The molecule has 0 fully saturated rings. The molecule has 2 rings (SSSR count). The van der Waals surface area contributed by atoms with Crippen LogP contribution >= 0.6 is 0 Å². The molecule has 0 saturated heterocycles. The molecule has 5 nitrogen and oxygen atoms in total. The van der Waals surface area contributed by atoms with Gasteiger partial charge in [0.05, 0.1) is 6.04 Å². The normalized spacial score (nSPS) is 12.3. The van der Waals surface area contributed by atoms with Crippen molar-refractivity contribution in [1.82, 2.24) is 15.4 Å². The first-order valence-electron chi connectivity index (χ1n) is 5.77. The first-order chi connectivity index (χ1) is 8.70. The lowest BCUT2D eigenvalue weighted by Gasteiger charge is -2.18. The fourth-order valence-electron chi connectivity index (χ4n) is 1.89.